The van der Waals surface area contributed by atoms with E-state index in [2.05, 4.69) is 39.0 Å². The Hall–Kier alpha value is -2.44. The number of aliphatic hydroxyl groups excluding tert-OH is 2. The summed E-state index contributed by atoms with van der Waals surface area (Å²) in [6.07, 6.45) is 38.8. The van der Waals surface area contributed by atoms with E-state index in [1.54, 1.807) is 6.08 Å². The minimum atomic E-state index is -0.812. The maximum atomic E-state index is 12.1. The molecule has 6 heteroatoms. The average molecular weight is 645 g/mol. The number of allylic oxidation sites excluding steroid dienone is 8. The average Bonchev–Trinajstić information content (AvgIpc) is 3.03. The van der Waals surface area contributed by atoms with Crippen LogP contribution in [-0.4, -0.2) is 47.6 Å². The Bertz CT molecular complexity index is 854. The number of hydrogen-bond donors (Lipinski definition) is 2. The highest BCUT2D eigenvalue weighted by Crippen LogP contribution is 2.14. The minimum absolute atomic E-state index is 0.117. The summed E-state index contributed by atoms with van der Waals surface area (Å²) in [5.74, 6) is 0.122. The van der Waals surface area contributed by atoms with Crippen molar-refractivity contribution in [3.8, 4) is 0 Å². The monoisotopic (exact) mass is 645 g/mol. The lowest BCUT2D eigenvalue weighted by molar-refractivity contribution is -0.161. The lowest BCUT2D eigenvalue weighted by atomic mass is 10.0. The normalized spacial score (nSPS) is 13.7. The van der Waals surface area contributed by atoms with E-state index in [4.69, 9.17) is 9.47 Å². The predicted molar refractivity (Wildman–Crippen MR) is 192 cm³/mol. The second-order valence-electron chi connectivity index (χ2n) is 12.6. The van der Waals surface area contributed by atoms with Crippen molar-refractivity contribution in [2.24, 2.45) is 5.92 Å². The predicted octanol–water partition coefficient (Wildman–Crippen LogP) is 10.1. The van der Waals surface area contributed by atoms with Gasteiger partial charge in [-0.2, -0.15) is 0 Å². The third kappa shape index (κ3) is 32.9. The summed E-state index contributed by atoms with van der Waals surface area (Å²) in [7, 11) is 0. The zero-order chi connectivity index (χ0) is 33.9. The Morgan fingerprint density at radius 3 is 1.91 bits per heavy atom. The van der Waals surface area contributed by atoms with E-state index >= 15 is 0 Å². The summed E-state index contributed by atoms with van der Waals surface area (Å²) in [4.78, 5) is 24.2. The van der Waals surface area contributed by atoms with E-state index < -0.39 is 12.2 Å². The van der Waals surface area contributed by atoms with Crippen LogP contribution < -0.4 is 0 Å². The van der Waals surface area contributed by atoms with Crippen molar-refractivity contribution in [1.29, 1.82) is 0 Å². The molecule has 0 aromatic rings. The maximum Gasteiger partial charge on any atom is 0.306 e. The standard InChI is InChI=1S/C40H68O6/c1-4-5-6-7-20-25-30-37(42)31-26-21-16-13-14-17-22-27-32-39(43)45-35-38(34-41)46-40(44)33-28-23-18-12-10-8-9-11-15-19-24-29-36(2)3/h5-6,14,16-17,20-21,25-26,31,36-38,41-42H,4,7-13,15,18-19,22-24,27-30,32-35H2,1-3H3/b6-5-,17-14-,21-16-,25-20-,31-26+/t37?,38-/m0/s1. The molecule has 46 heavy (non-hydrogen) atoms. The van der Waals surface area contributed by atoms with Crippen LogP contribution in [0, 0.1) is 5.92 Å². The molecular weight excluding hydrogens is 576 g/mol. The number of carbonyl (C=O) groups is 2. The molecule has 0 amide bonds. The molecule has 0 fully saturated rings. The molecule has 1 unspecified atom stereocenters. The zero-order valence-corrected chi connectivity index (χ0v) is 29.6. The zero-order valence-electron chi connectivity index (χ0n) is 29.6. The van der Waals surface area contributed by atoms with Crippen LogP contribution >= 0.6 is 0 Å². The summed E-state index contributed by atoms with van der Waals surface area (Å²) in [6.45, 7) is 6.21. The number of esters is 2. The molecule has 0 aromatic carbocycles. The van der Waals surface area contributed by atoms with Gasteiger partial charge in [-0.15, -0.1) is 0 Å². The van der Waals surface area contributed by atoms with Gasteiger partial charge in [0, 0.05) is 12.8 Å². The molecule has 0 rings (SSSR count). The molecule has 0 aliphatic carbocycles. The van der Waals surface area contributed by atoms with Gasteiger partial charge in [-0.05, 0) is 50.9 Å². The molecule has 0 aliphatic rings. The Morgan fingerprint density at radius 1 is 0.674 bits per heavy atom. The van der Waals surface area contributed by atoms with E-state index in [0.717, 1.165) is 50.9 Å². The molecule has 0 saturated carbocycles. The van der Waals surface area contributed by atoms with Crippen LogP contribution in [0.4, 0.5) is 0 Å². The Kier molecular flexibility index (Phi) is 32.1. The highest BCUT2D eigenvalue weighted by atomic mass is 16.6. The second-order valence-corrected chi connectivity index (χ2v) is 12.6. The van der Waals surface area contributed by atoms with Crippen LogP contribution in [0.2, 0.25) is 0 Å². The molecule has 2 N–H and O–H groups in total. The van der Waals surface area contributed by atoms with Crippen molar-refractivity contribution in [2.75, 3.05) is 13.2 Å². The smallest absolute Gasteiger partial charge is 0.306 e. The third-order valence-electron chi connectivity index (χ3n) is 7.58. The molecular formula is C40H68O6. The molecule has 0 heterocycles. The van der Waals surface area contributed by atoms with Gasteiger partial charge in [-0.3, -0.25) is 9.59 Å². The number of aliphatic hydroxyl groups is 2. The minimum Gasteiger partial charge on any atom is -0.462 e. The van der Waals surface area contributed by atoms with Crippen molar-refractivity contribution < 1.29 is 29.3 Å². The van der Waals surface area contributed by atoms with Crippen molar-refractivity contribution >= 4 is 11.9 Å². The fraction of sp³-hybridized carbons (Fsp3) is 0.700. The molecule has 0 aromatic heterocycles. The van der Waals surface area contributed by atoms with Gasteiger partial charge in [0.2, 0.25) is 0 Å². The summed E-state index contributed by atoms with van der Waals surface area (Å²) in [6, 6.07) is 0. The summed E-state index contributed by atoms with van der Waals surface area (Å²) >= 11 is 0. The molecule has 6 nitrogen and oxygen atoms in total. The van der Waals surface area contributed by atoms with Crippen molar-refractivity contribution in [3.05, 3.63) is 60.8 Å². The maximum absolute atomic E-state index is 12.1. The molecule has 0 aliphatic heterocycles. The van der Waals surface area contributed by atoms with E-state index in [-0.39, 0.29) is 31.6 Å². The van der Waals surface area contributed by atoms with Crippen molar-refractivity contribution in [1.82, 2.24) is 0 Å². The van der Waals surface area contributed by atoms with Crippen LogP contribution in [0.25, 0.3) is 0 Å². The lowest BCUT2D eigenvalue weighted by Crippen LogP contribution is -2.28. The topological polar surface area (TPSA) is 93.1 Å². The van der Waals surface area contributed by atoms with Crippen LogP contribution in [0.1, 0.15) is 149 Å². The first-order valence-corrected chi connectivity index (χ1v) is 18.3. The second kappa shape index (κ2) is 33.9. The van der Waals surface area contributed by atoms with E-state index in [1.807, 2.05) is 36.5 Å². The van der Waals surface area contributed by atoms with Crippen LogP contribution in [-0.2, 0) is 19.1 Å². The first kappa shape index (κ1) is 43.6. The van der Waals surface area contributed by atoms with Crippen LogP contribution in [0.3, 0.4) is 0 Å². The molecule has 0 radical (unpaired) electrons. The Morgan fingerprint density at radius 2 is 1.26 bits per heavy atom. The van der Waals surface area contributed by atoms with Crippen molar-refractivity contribution in [3.63, 3.8) is 0 Å². The van der Waals surface area contributed by atoms with Gasteiger partial charge >= 0.3 is 11.9 Å². The van der Waals surface area contributed by atoms with E-state index in [9.17, 15) is 19.8 Å². The van der Waals surface area contributed by atoms with Crippen molar-refractivity contribution in [2.45, 2.75) is 161 Å². The van der Waals surface area contributed by atoms with Gasteiger partial charge in [0.15, 0.2) is 6.10 Å². The molecule has 0 bridgehead atoms. The Balaban J connectivity index is 3.77. The number of ether oxygens (including phenoxy) is 2. The number of unbranched alkanes of at least 4 members (excludes halogenated alkanes) is 11. The SMILES string of the molecule is CC/C=C\C/C=C\CC(O)/C=C/C=C\C/C=C\CCCC(=O)OC[C@H](CO)OC(=O)CCCCCCCCCCCCCC(C)C. The summed E-state index contributed by atoms with van der Waals surface area (Å²) in [5.41, 5.74) is 0. The number of carbonyl (C=O) groups excluding carboxylic acids is 2. The third-order valence-corrected chi connectivity index (χ3v) is 7.58. The van der Waals surface area contributed by atoms with Gasteiger partial charge in [0.05, 0.1) is 12.7 Å². The number of rotatable bonds is 31. The molecule has 0 saturated heterocycles. The number of hydrogen-bond acceptors (Lipinski definition) is 6. The molecule has 2 atom stereocenters. The van der Waals surface area contributed by atoms with Gasteiger partial charge in [-0.1, -0.05) is 152 Å². The lowest BCUT2D eigenvalue weighted by Gasteiger charge is -2.15. The molecule has 0 spiro atoms. The van der Waals surface area contributed by atoms with Gasteiger partial charge in [0.25, 0.3) is 0 Å². The van der Waals surface area contributed by atoms with E-state index in [1.165, 1.54) is 57.8 Å². The molecule has 264 valence electrons. The highest BCUT2D eigenvalue weighted by Gasteiger charge is 2.16. The largest absolute Gasteiger partial charge is 0.462 e. The Labute approximate surface area is 282 Å². The first-order chi connectivity index (χ1) is 22.4. The van der Waals surface area contributed by atoms with E-state index in [0.29, 0.717) is 19.3 Å². The summed E-state index contributed by atoms with van der Waals surface area (Å²) < 4.78 is 10.5. The summed E-state index contributed by atoms with van der Waals surface area (Å²) in [5, 5.41) is 19.5. The fourth-order valence-electron chi connectivity index (χ4n) is 4.80. The van der Waals surface area contributed by atoms with Gasteiger partial charge in [0.1, 0.15) is 6.61 Å². The van der Waals surface area contributed by atoms with Crippen LogP contribution in [0.15, 0.2) is 60.8 Å². The van der Waals surface area contributed by atoms with Gasteiger partial charge in [-0.25, -0.2) is 0 Å². The van der Waals surface area contributed by atoms with Gasteiger partial charge < -0.3 is 19.7 Å². The fourth-order valence-corrected chi connectivity index (χ4v) is 4.80. The quantitative estimate of drug-likeness (QED) is 0.0338. The van der Waals surface area contributed by atoms with Crippen LogP contribution in [0.5, 0.6) is 0 Å². The highest BCUT2D eigenvalue weighted by molar-refractivity contribution is 5.70. The first-order valence-electron chi connectivity index (χ1n) is 18.3.